The molecule has 7 heteroatoms. The Bertz CT molecular complexity index is 1020. The molecule has 0 spiro atoms. The average molecular weight is 369 g/mol. The molecule has 1 saturated heterocycles. The molecular weight excluding hydrogens is 350 g/mol. The number of hydrogen-bond donors (Lipinski definition) is 2. The molecule has 1 aliphatic rings. The Balaban J connectivity index is 1.59. The highest BCUT2D eigenvalue weighted by Gasteiger charge is 2.22. The summed E-state index contributed by atoms with van der Waals surface area (Å²) in [6.45, 7) is 3.60. The number of carbonyl (C=O) groups is 1. The van der Waals surface area contributed by atoms with E-state index in [-0.39, 0.29) is 11.5 Å². The molecule has 0 aliphatic carbocycles. The summed E-state index contributed by atoms with van der Waals surface area (Å²) >= 11 is 1.40. The van der Waals surface area contributed by atoms with Gasteiger partial charge in [-0.15, -0.1) is 0 Å². The number of hydrogen-bond acceptors (Lipinski definition) is 6. The van der Waals surface area contributed by atoms with Gasteiger partial charge in [0.1, 0.15) is 11.3 Å². The van der Waals surface area contributed by atoms with Crippen molar-refractivity contribution >= 4 is 33.2 Å². The standard InChI is InChI=1S/C19H19N3O3S/c1-11-8-15(12-4-6-20-7-5-12)25-19(24)17(11)18(23)22-14-2-3-16-13(9-14)10-21-26-16/h2-3,8-10,12,20H,4-7H2,1H3,(H,22,23). The summed E-state index contributed by atoms with van der Waals surface area (Å²) in [6, 6.07) is 7.38. The first-order valence-electron chi connectivity index (χ1n) is 8.63. The largest absolute Gasteiger partial charge is 0.427 e. The molecule has 0 atom stereocenters. The molecule has 1 amide bonds. The second-order valence-corrected chi connectivity index (χ2v) is 7.38. The van der Waals surface area contributed by atoms with Crippen LogP contribution in [0.1, 0.15) is 40.4 Å². The van der Waals surface area contributed by atoms with Crippen LogP contribution in [0.2, 0.25) is 0 Å². The number of aromatic nitrogens is 1. The Morgan fingerprint density at radius 2 is 2.12 bits per heavy atom. The number of aryl methyl sites for hydroxylation is 1. The van der Waals surface area contributed by atoms with E-state index in [2.05, 4.69) is 15.0 Å². The lowest BCUT2D eigenvalue weighted by molar-refractivity contribution is 0.102. The van der Waals surface area contributed by atoms with Gasteiger partial charge in [-0.25, -0.2) is 4.79 Å². The minimum absolute atomic E-state index is 0.0613. The minimum Gasteiger partial charge on any atom is -0.427 e. The predicted octanol–water partition coefficient (Wildman–Crippen LogP) is 3.28. The molecule has 2 aromatic heterocycles. The van der Waals surface area contributed by atoms with Gasteiger partial charge in [-0.1, -0.05) is 0 Å². The lowest BCUT2D eigenvalue weighted by atomic mass is 9.94. The molecule has 134 valence electrons. The molecule has 0 saturated carbocycles. The second kappa shape index (κ2) is 7.01. The van der Waals surface area contributed by atoms with Crippen LogP contribution in [0.15, 0.2) is 39.7 Å². The maximum atomic E-state index is 12.6. The third-order valence-electron chi connectivity index (χ3n) is 4.75. The number of fused-ring (bicyclic) bond motifs is 1. The van der Waals surface area contributed by atoms with Crippen LogP contribution < -0.4 is 16.3 Å². The first-order valence-corrected chi connectivity index (χ1v) is 9.40. The zero-order valence-corrected chi connectivity index (χ0v) is 15.2. The van der Waals surface area contributed by atoms with Crippen LogP contribution >= 0.6 is 11.5 Å². The van der Waals surface area contributed by atoms with E-state index >= 15 is 0 Å². The van der Waals surface area contributed by atoms with Gasteiger partial charge in [-0.2, -0.15) is 4.37 Å². The van der Waals surface area contributed by atoms with Crippen molar-refractivity contribution in [2.45, 2.75) is 25.7 Å². The lowest BCUT2D eigenvalue weighted by Crippen LogP contribution is -2.28. The Morgan fingerprint density at radius 1 is 1.31 bits per heavy atom. The third kappa shape index (κ3) is 3.27. The normalized spacial score (nSPS) is 15.3. The molecular formula is C19H19N3O3S. The summed E-state index contributed by atoms with van der Waals surface area (Å²) in [5, 5.41) is 7.04. The summed E-state index contributed by atoms with van der Waals surface area (Å²) in [7, 11) is 0. The topological polar surface area (TPSA) is 84.2 Å². The van der Waals surface area contributed by atoms with E-state index in [9.17, 15) is 9.59 Å². The van der Waals surface area contributed by atoms with Crippen molar-refractivity contribution in [1.82, 2.24) is 9.69 Å². The number of anilines is 1. The fraction of sp³-hybridized carbons (Fsp3) is 0.316. The molecule has 3 heterocycles. The van der Waals surface area contributed by atoms with Crippen molar-refractivity contribution in [3.8, 4) is 0 Å². The minimum atomic E-state index is -0.575. The van der Waals surface area contributed by atoms with Gasteiger partial charge in [0.25, 0.3) is 5.91 Å². The van der Waals surface area contributed by atoms with Crippen molar-refractivity contribution in [3.63, 3.8) is 0 Å². The number of piperidine rings is 1. The van der Waals surface area contributed by atoms with Gasteiger partial charge in [0.2, 0.25) is 0 Å². The van der Waals surface area contributed by atoms with Crippen molar-refractivity contribution < 1.29 is 9.21 Å². The fourth-order valence-electron chi connectivity index (χ4n) is 3.36. The average Bonchev–Trinajstić information content (AvgIpc) is 3.09. The van der Waals surface area contributed by atoms with E-state index in [1.54, 1.807) is 19.2 Å². The Morgan fingerprint density at radius 3 is 2.88 bits per heavy atom. The molecule has 6 nitrogen and oxygen atoms in total. The quantitative estimate of drug-likeness (QED) is 0.740. The number of amides is 1. The van der Waals surface area contributed by atoms with Gasteiger partial charge in [-0.05, 0) is 74.2 Å². The molecule has 2 N–H and O–H groups in total. The van der Waals surface area contributed by atoms with E-state index in [4.69, 9.17) is 4.42 Å². The van der Waals surface area contributed by atoms with Crippen molar-refractivity contribution in [1.29, 1.82) is 0 Å². The Hall–Kier alpha value is -2.51. The molecule has 0 unspecified atom stereocenters. The van der Waals surface area contributed by atoms with Crippen molar-refractivity contribution in [2.75, 3.05) is 18.4 Å². The maximum Gasteiger partial charge on any atom is 0.349 e. The highest BCUT2D eigenvalue weighted by Crippen LogP contribution is 2.26. The van der Waals surface area contributed by atoms with E-state index in [1.165, 1.54) is 11.5 Å². The first-order chi connectivity index (χ1) is 12.6. The molecule has 4 rings (SSSR count). The number of carbonyl (C=O) groups excluding carboxylic acids is 1. The molecule has 26 heavy (non-hydrogen) atoms. The van der Waals surface area contributed by atoms with E-state index in [0.29, 0.717) is 17.0 Å². The fourth-order valence-corrected chi connectivity index (χ4v) is 3.98. The van der Waals surface area contributed by atoms with Gasteiger partial charge in [-0.3, -0.25) is 4.79 Å². The molecule has 1 aromatic carbocycles. The summed E-state index contributed by atoms with van der Waals surface area (Å²) < 4.78 is 10.7. The molecule has 3 aromatic rings. The number of nitrogens with zero attached hydrogens (tertiary/aromatic N) is 1. The lowest BCUT2D eigenvalue weighted by Gasteiger charge is -2.21. The zero-order chi connectivity index (χ0) is 18.1. The number of rotatable bonds is 3. The highest BCUT2D eigenvalue weighted by atomic mass is 32.1. The van der Waals surface area contributed by atoms with Crippen LogP contribution in [0.4, 0.5) is 5.69 Å². The van der Waals surface area contributed by atoms with Gasteiger partial charge in [0.05, 0.1) is 4.70 Å². The molecule has 0 bridgehead atoms. The predicted molar refractivity (Wildman–Crippen MR) is 102 cm³/mol. The van der Waals surface area contributed by atoms with Crippen LogP contribution in [-0.4, -0.2) is 23.4 Å². The summed E-state index contributed by atoms with van der Waals surface area (Å²) in [5.41, 5.74) is 0.759. The molecule has 1 aliphatic heterocycles. The summed E-state index contributed by atoms with van der Waals surface area (Å²) in [4.78, 5) is 25.1. The number of nitrogens with one attached hydrogen (secondary N) is 2. The molecule has 0 radical (unpaired) electrons. The van der Waals surface area contributed by atoms with Crippen molar-refractivity contribution in [3.05, 3.63) is 57.8 Å². The van der Waals surface area contributed by atoms with E-state index in [1.807, 2.05) is 18.2 Å². The highest BCUT2D eigenvalue weighted by molar-refractivity contribution is 7.13. The van der Waals surface area contributed by atoms with Crippen LogP contribution in [0.25, 0.3) is 10.1 Å². The van der Waals surface area contributed by atoms with Gasteiger partial charge in [0, 0.05) is 23.2 Å². The van der Waals surface area contributed by atoms with Crippen LogP contribution in [0.3, 0.4) is 0 Å². The monoisotopic (exact) mass is 369 g/mol. The summed E-state index contributed by atoms with van der Waals surface area (Å²) in [5.74, 6) is 0.459. The van der Waals surface area contributed by atoms with Gasteiger partial charge < -0.3 is 15.1 Å². The molecule has 1 fully saturated rings. The van der Waals surface area contributed by atoms with E-state index in [0.717, 1.165) is 36.0 Å². The zero-order valence-electron chi connectivity index (χ0n) is 14.4. The Labute approximate surface area is 154 Å². The van der Waals surface area contributed by atoms with Crippen LogP contribution in [-0.2, 0) is 0 Å². The smallest absolute Gasteiger partial charge is 0.349 e. The van der Waals surface area contributed by atoms with E-state index < -0.39 is 11.5 Å². The van der Waals surface area contributed by atoms with Crippen LogP contribution in [0, 0.1) is 6.92 Å². The van der Waals surface area contributed by atoms with Crippen LogP contribution in [0.5, 0.6) is 0 Å². The SMILES string of the molecule is Cc1cc(C2CCNCC2)oc(=O)c1C(=O)Nc1ccc2sncc2c1. The number of benzene rings is 1. The first kappa shape index (κ1) is 16.9. The third-order valence-corrected chi connectivity index (χ3v) is 5.53. The maximum absolute atomic E-state index is 12.6. The summed E-state index contributed by atoms with van der Waals surface area (Å²) in [6.07, 6.45) is 3.62. The van der Waals surface area contributed by atoms with Gasteiger partial charge in [0.15, 0.2) is 0 Å². The Kier molecular flexibility index (Phi) is 4.57. The van der Waals surface area contributed by atoms with Gasteiger partial charge >= 0.3 is 5.63 Å². The van der Waals surface area contributed by atoms with Crippen molar-refractivity contribution in [2.24, 2.45) is 0 Å². The second-order valence-electron chi connectivity index (χ2n) is 6.55.